The molecule has 117 valence electrons. The Labute approximate surface area is 161 Å². The zero-order valence-electron chi connectivity index (χ0n) is 13.3. The first-order valence-electron chi connectivity index (χ1n) is 7.40. The standard InChI is InChI=1S/C13H9.C5H5.C3H7.CH4.Zr/c1-3-7-12-10(5-1)9-11-6-2-4-8-13(11)12;1-2-4-5-3-1;1-3-2;;/h1-5,7-8H,9H2;1-3H,4H2;3H,1-2H3;1H4;/q3*-1;;+3. The third kappa shape index (κ3) is 6.44. The Hall–Kier alpha value is -1.20. The van der Waals surface area contributed by atoms with Crippen LogP contribution in [-0.4, -0.2) is 0 Å². The molecule has 0 fully saturated rings. The summed E-state index contributed by atoms with van der Waals surface area (Å²) in [5, 5.41) is 0. The Balaban J connectivity index is 0.000000413. The summed E-state index contributed by atoms with van der Waals surface area (Å²) in [6.07, 6.45) is 13.0. The second-order valence-electron chi connectivity index (χ2n) is 4.98. The first-order chi connectivity index (χ1) is 10.4. The van der Waals surface area contributed by atoms with Crippen LogP contribution in [0.1, 0.15) is 38.8 Å². The monoisotopic (exact) mass is 379 g/mol. The number of hydrogen-bond acceptors (Lipinski definition) is 0. The maximum atomic E-state index is 3.30. The molecule has 4 rings (SSSR count). The summed E-state index contributed by atoms with van der Waals surface area (Å²) in [4.78, 5) is 0. The smallest absolute Gasteiger partial charge is 0.335 e. The van der Waals surface area contributed by atoms with E-state index < -0.39 is 0 Å². The predicted octanol–water partition coefficient (Wildman–Crippen LogP) is 6.23. The van der Waals surface area contributed by atoms with E-state index in [4.69, 9.17) is 0 Å². The van der Waals surface area contributed by atoms with Crippen molar-refractivity contribution in [1.29, 1.82) is 0 Å². The van der Waals surface area contributed by atoms with Gasteiger partial charge in [-0.15, -0.1) is 12.0 Å². The Morgan fingerprint density at radius 3 is 2.30 bits per heavy atom. The minimum atomic E-state index is 0. The van der Waals surface area contributed by atoms with Crippen LogP contribution in [0.25, 0.3) is 11.1 Å². The molecule has 2 aromatic rings. The van der Waals surface area contributed by atoms with Gasteiger partial charge in [-0.05, 0) is 6.42 Å². The average Bonchev–Trinajstić information content (AvgIpc) is 3.19. The van der Waals surface area contributed by atoms with Gasteiger partial charge in [0.05, 0.1) is 0 Å². The van der Waals surface area contributed by atoms with Gasteiger partial charge in [-0.1, -0.05) is 42.8 Å². The molecule has 2 aliphatic carbocycles. The van der Waals surface area contributed by atoms with Crippen LogP contribution in [0.5, 0.6) is 0 Å². The maximum Gasteiger partial charge on any atom is 3.00 e. The van der Waals surface area contributed by atoms with Gasteiger partial charge >= 0.3 is 26.2 Å². The van der Waals surface area contributed by atoms with Gasteiger partial charge in [0, 0.05) is 0 Å². The molecule has 2 aliphatic rings. The normalized spacial score (nSPS) is 11.6. The molecule has 0 aliphatic heterocycles. The summed E-state index contributed by atoms with van der Waals surface area (Å²) in [7, 11) is 0. The Kier molecular flexibility index (Phi) is 11.6. The van der Waals surface area contributed by atoms with E-state index in [1.54, 1.807) is 0 Å². The van der Waals surface area contributed by atoms with Crippen LogP contribution in [-0.2, 0) is 32.6 Å². The van der Waals surface area contributed by atoms with E-state index in [2.05, 4.69) is 54.6 Å². The third-order valence-electron chi connectivity index (χ3n) is 3.20. The van der Waals surface area contributed by atoms with Crippen LogP contribution in [0.3, 0.4) is 0 Å². The first kappa shape index (κ1) is 21.8. The summed E-state index contributed by atoms with van der Waals surface area (Å²) in [6.45, 7) is 4.00. The number of benzene rings is 2. The van der Waals surface area contributed by atoms with Crippen molar-refractivity contribution >= 4 is 0 Å². The Morgan fingerprint density at radius 1 is 1.00 bits per heavy atom. The third-order valence-corrected chi connectivity index (χ3v) is 3.20. The molecule has 0 amide bonds. The van der Waals surface area contributed by atoms with E-state index in [9.17, 15) is 0 Å². The second kappa shape index (κ2) is 12.3. The molecule has 0 saturated carbocycles. The van der Waals surface area contributed by atoms with E-state index in [1.807, 2.05) is 38.5 Å². The van der Waals surface area contributed by atoms with Crippen LogP contribution >= 0.6 is 0 Å². The van der Waals surface area contributed by atoms with E-state index in [0.717, 1.165) is 12.8 Å². The van der Waals surface area contributed by atoms with Gasteiger partial charge in [-0.3, -0.25) is 6.08 Å². The Bertz CT molecular complexity index is 570. The van der Waals surface area contributed by atoms with Gasteiger partial charge in [-0.2, -0.15) is 49.8 Å². The number of allylic oxidation sites excluding steroid dienone is 4. The molecule has 1 radical (unpaired) electrons. The predicted molar refractivity (Wildman–Crippen MR) is 97.5 cm³/mol. The second-order valence-corrected chi connectivity index (χ2v) is 4.98. The molecule has 0 aromatic heterocycles. The molecule has 0 heterocycles. The molecule has 23 heavy (non-hydrogen) atoms. The van der Waals surface area contributed by atoms with Crippen LogP contribution in [0.2, 0.25) is 0 Å². The SMILES string of the molecule is C.C[CH-]C.[C-]1=CC=CC1.[Zr+3].[c-]1cccc2c1Cc1ccccc1-2. The van der Waals surface area contributed by atoms with Crippen molar-refractivity contribution in [3.05, 3.63) is 90.4 Å². The molecule has 0 saturated heterocycles. The van der Waals surface area contributed by atoms with Crippen molar-refractivity contribution in [1.82, 2.24) is 0 Å². The van der Waals surface area contributed by atoms with Crippen molar-refractivity contribution in [3.8, 4) is 11.1 Å². The van der Waals surface area contributed by atoms with Gasteiger partial charge in [0.25, 0.3) is 0 Å². The quantitative estimate of drug-likeness (QED) is 0.406. The van der Waals surface area contributed by atoms with Crippen molar-refractivity contribution < 1.29 is 26.2 Å². The molecule has 0 bridgehead atoms. The molecule has 1 heteroatoms. The van der Waals surface area contributed by atoms with Crippen LogP contribution in [0.4, 0.5) is 0 Å². The minimum absolute atomic E-state index is 0. The summed E-state index contributed by atoms with van der Waals surface area (Å²) in [5.74, 6) is 0. The molecule has 2 aromatic carbocycles. The fourth-order valence-corrected chi connectivity index (χ4v) is 2.34. The first-order valence-corrected chi connectivity index (χ1v) is 7.40. The fourth-order valence-electron chi connectivity index (χ4n) is 2.34. The van der Waals surface area contributed by atoms with Gasteiger partial charge in [0.2, 0.25) is 0 Å². The molecule has 0 spiro atoms. The maximum absolute atomic E-state index is 3.30. The fraction of sp³-hybridized carbons (Fsp3) is 0.227. The molecular formula is C22H25Zr. The zero-order valence-corrected chi connectivity index (χ0v) is 15.7. The molecule has 0 N–H and O–H groups in total. The van der Waals surface area contributed by atoms with Crippen molar-refractivity contribution in [2.24, 2.45) is 0 Å². The van der Waals surface area contributed by atoms with E-state index in [0.29, 0.717) is 0 Å². The molecule has 0 atom stereocenters. The summed E-state index contributed by atoms with van der Waals surface area (Å²) < 4.78 is 0. The van der Waals surface area contributed by atoms with Crippen LogP contribution in [0.15, 0.2) is 60.7 Å². The van der Waals surface area contributed by atoms with Gasteiger partial charge in [0.1, 0.15) is 0 Å². The topological polar surface area (TPSA) is 0 Å². The van der Waals surface area contributed by atoms with E-state index in [-0.39, 0.29) is 33.6 Å². The number of hydrogen-bond donors (Lipinski definition) is 0. The van der Waals surface area contributed by atoms with Crippen molar-refractivity contribution in [2.45, 2.75) is 34.1 Å². The number of rotatable bonds is 0. The largest absolute Gasteiger partial charge is 3.00 e. The summed E-state index contributed by atoms with van der Waals surface area (Å²) in [5.41, 5.74) is 5.51. The zero-order chi connectivity index (χ0) is 14.9. The molecular weight excluding hydrogens is 355 g/mol. The minimum Gasteiger partial charge on any atom is -0.335 e. The summed E-state index contributed by atoms with van der Waals surface area (Å²) >= 11 is 0. The molecule has 0 unspecified atom stereocenters. The summed E-state index contributed by atoms with van der Waals surface area (Å²) in [6, 6.07) is 18.1. The van der Waals surface area contributed by atoms with Gasteiger partial charge in [-0.25, -0.2) is 12.2 Å². The van der Waals surface area contributed by atoms with Crippen molar-refractivity contribution in [2.75, 3.05) is 0 Å². The van der Waals surface area contributed by atoms with Gasteiger partial charge < -0.3 is 6.42 Å². The number of fused-ring (bicyclic) bond motifs is 3. The van der Waals surface area contributed by atoms with E-state index >= 15 is 0 Å². The average molecular weight is 381 g/mol. The van der Waals surface area contributed by atoms with Crippen LogP contribution in [0, 0.1) is 18.6 Å². The van der Waals surface area contributed by atoms with Gasteiger partial charge in [0.15, 0.2) is 0 Å². The Morgan fingerprint density at radius 2 is 1.70 bits per heavy atom. The molecule has 0 nitrogen and oxygen atoms in total. The van der Waals surface area contributed by atoms with Crippen LogP contribution < -0.4 is 0 Å². The van der Waals surface area contributed by atoms with Crippen molar-refractivity contribution in [3.63, 3.8) is 0 Å². The van der Waals surface area contributed by atoms with E-state index in [1.165, 1.54) is 22.3 Å².